The van der Waals surface area contributed by atoms with Crippen molar-refractivity contribution in [3.63, 3.8) is 0 Å². The first-order valence-electron chi connectivity index (χ1n) is 6.45. The maximum Gasteiger partial charge on any atom is 0.242 e. The van der Waals surface area contributed by atoms with E-state index in [1.54, 1.807) is 19.1 Å². The highest BCUT2D eigenvalue weighted by Gasteiger charge is 2.34. The average molecular weight is 266 g/mol. The van der Waals surface area contributed by atoms with E-state index in [-0.39, 0.29) is 11.9 Å². The third-order valence-electron chi connectivity index (χ3n) is 3.60. The summed E-state index contributed by atoms with van der Waals surface area (Å²) in [6.07, 6.45) is 2.08. The zero-order valence-corrected chi connectivity index (χ0v) is 11.0. The Hall–Kier alpha value is -1.46. The van der Waals surface area contributed by atoms with E-state index in [4.69, 9.17) is 10.5 Å². The predicted octanol–water partition coefficient (Wildman–Crippen LogP) is 1.29. The Kier molecular flexibility index (Phi) is 4.17. The molecule has 1 saturated heterocycles. The number of carbonyl (C=O) groups is 1. The molecule has 3 N–H and O–H groups in total. The Labute approximate surface area is 112 Å². The van der Waals surface area contributed by atoms with Gasteiger partial charge in [0, 0.05) is 13.2 Å². The minimum absolute atomic E-state index is 0.0900. The number of nitrogens with one attached hydrogen (secondary N) is 1. The van der Waals surface area contributed by atoms with Gasteiger partial charge in [-0.3, -0.25) is 10.1 Å². The van der Waals surface area contributed by atoms with E-state index in [0.29, 0.717) is 12.1 Å². The van der Waals surface area contributed by atoms with Gasteiger partial charge in [0.1, 0.15) is 11.4 Å². The quantitative estimate of drug-likeness (QED) is 0.844. The number of nitrogens with two attached hydrogens (primary N) is 1. The molecule has 0 saturated carbocycles. The highest BCUT2D eigenvalue weighted by atomic mass is 19.1. The van der Waals surface area contributed by atoms with Crippen LogP contribution < -0.4 is 11.1 Å². The van der Waals surface area contributed by atoms with Gasteiger partial charge in [0.05, 0.1) is 6.10 Å². The Morgan fingerprint density at radius 2 is 2.42 bits per heavy atom. The van der Waals surface area contributed by atoms with Gasteiger partial charge in [-0.05, 0) is 37.5 Å². The zero-order chi connectivity index (χ0) is 13.9. The predicted molar refractivity (Wildman–Crippen MR) is 69.9 cm³/mol. The van der Waals surface area contributed by atoms with E-state index >= 15 is 0 Å². The SMILES string of the molecule is CC(NCC1CCCO1)(C(N)=O)c1cccc(F)c1. The monoisotopic (exact) mass is 266 g/mol. The van der Waals surface area contributed by atoms with Crippen molar-refractivity contribution in [2.24, 2.45) is 5.73 Å². The molecule has 1 aromatic carbocycles. The average Bonchev–Trinajstić information content (AvgIpc) is 2.88. The fourth-order valence-corrected chi connectivity index (χ4v) is 2.25. The minimum atomic E-state index is -1.09. The smallest absolute Gasteiger partial charge is 0.242 e. The fourth-order valence-electron chi connectivity index (χ4n) is 2.25. The van der Waals surface area contributed by atoms with Crippen LogP contribution in [0.4, 0.5) is 4.39 Å². The van der Waals surface area contributed by atoms with Crippen molar-refractivity contribution >= 4 is 5.91 Å². The van der Waals surface area contributed by atoms with Crippen LogP contribution in [0.15, 0.2) is 24.3 Å². The molecule has 1 aliphatic rings. The molecule has 5 heteroatoms. The lowest BCUT2D eigenvalue weighted by molar-refractivity contribution is -0.124. The second-order valence-electron chi connectivity index (χ2n) is 5.02. The number of hydrogen-bond acceptors (Lipinski definition) is 3. The van der Waals surface area contributed by atoms with Gasteiger partial charge in [-0.2, -0.15) is 0 Å². The van der Waals surface area contributed by atoms with Crippen molar-refractivity contribution in [1.29, 1.82) is 0 Å². The van der Waals surface area contributed by atoms with Crippen LogP contribution in [-0.4, -0.2) is 25.2 Å². The van der Waals surface area contributed by atoms with E-state index in [2.05, 4.69) is 5.32 Å². The Morgan fingerprint density at radius 3 is 3.00 bits per heavy atom. The first kappa shape index (κ1) is 14.0. The van der Waals surface area contributed by atoms with Crippen LogP contribution in [0.25, 0.3) is 0 Å². The Morgan fingerprint density at radius 1 is 1.63 bits per heavy atom. The van der Waals surface area contributed by atoms with Gasteiger partial charge in [0.25, 0.3) is 0 Å². The molecule has 104 valence electrons. The number of ether oxygens (including phenoxy) is 1. The van der Waals surface area contributed by atoms with E-state index < -0.39 is 11.4 Å². The maximum atomic E-state index is 13.3. The lowest BCUT2D eigenvalue weighted by Gasteiger charge is -2.29. The van der Waals surface area contributed by atoms with Crippen LogP contribution in [0.1, 0.15) is 25.3 Å². The summed E-state index contributed by atoms with van der Waals surface area (Å²) in [7, 11) is 0. The molecule has 0 aliphatic carbocycles. The first-order chi connectivity index (χ1) is 9.02. The van der Waals surface area contributed by atoms with E-state index in [1.807, 2.05) is 0 Å². The summed E-state index contributed by atoms with van der Waals surface area (Å²) in [4.78, 5) is 11.7. The highest BCUT2D eigenvalue weighted by molar-refractivity contribution is 5.85. The van der Waals surface area contributed by atoms with Crippen molar-refractivity contribution in [3.05, 3.63) is 35.6 Å². The third kappa shape index (κ3) is 3.11. The summed E-state index contributed by atoms with van der Waals surface area (Å²) in [5, 5.41) is 3.11. The van der Waals surface area contributed by atoms with E-state index in [1.165, 1.54) is 12.1 Å². The third-order valence-corrected chi connectivity index (χ3v) is 3.60. The number of rotatable bonds is 5. The number of carbonyl (C=O) groups excluding carboxylic acids is 1. The summed E-state index contributed by atoms with van der Waals surface area (Å²) in [6, 6.07) is 5.92. The molecule has 1 aliphatic heterocycles. The molecule has 2 unspecified atom stereocenters. The topological polar surface area (TPSA) is 64.3 Å². The van der Waals surface area contributed by atoms with Crippen LogP contribution in [0, 0.1) is 5.82 Å². The molecule has 0 aromatic heterocycles. The Balaban J connectivity index is 2.14. The molecule has 2 rings (SSSR count). The van der Waals surface area contributed by atoms with E-state index in [9.17, 15) is 9.18 Å². The molecule has 1 fully saturated rings. The normalized spacial score (nSPS) is 22.1. The molecule has 0 spiro atoms. The highest BCUT2D eigenvalue weighted by Crippen LogP contribution is 2.22. The first-order valence-corrected chi connectivity index (χ1v) is 6.45. The van der Waals surface area contributed by atoms with Crippen LogP contribution in [-0.2, 0) is 15.1 Å². The molecule has 2 atom stereocenters. The molecule has 1 aromatic rings. The molecule has 19 heavy (non-hydrogen) atoms. The Bertz CT molecular complexity index is 461. The lowest BCUT2D eigenvalue weighted by atomic mass is 9.91. The van der Waals surface area contributed by atoms with Crippen LogP contribution in [0.2, 0.25) is 0 Å². The number of halogens is 1. The van der Waals surface area contributed by atoms with Gasteiger partial charge < -0.3 is 10.5 Å². The van der Waals surface area contributed by atoms with Crippen molar-refractivity contribution in [2.75, 3.05) is 13.2 Å². The standard InChI is InChI=1S/C14H19FN2O2/c1-14(13(16)18,10-4-2-5-11(15)8-10)17-9-12-6-3-7-19-12/h2,4-5,8,12,17H,3,6-7,9H2,1H3,(H2,16,18). The molecule has 0 radical (unpaired) electrons. The maximum absolute atomic E-state index is 13.3. The zero-order valence-electron chi connectivity index (χ0n) is 11.0. The lowest BCUT2D eigenvalue weighted by Crippen LogP contribution is -2.52. The second-order valence-corrected chi connectivity index (χ2v) is 5.02. The van der Waals surface area contributed by atoms with E-state index in [0.717, 1.165) is 19.4 Å². The van der Waals surface area contributed by atoms with Crippen molar-refractivity contribution < 1.29 is 13.9 Å². The largest absolute Gasteiger partial charge is 0.377 e. The number of benzene rings is 1. The number of hydrogen-bond donors (Lipinski definition) is 2. The second kappa shape index (κ2) is 5.67. The van der Waals surface area contributed by atoms with Crippen molar-refractivity contribution in [1.82, 2.24) is 5.32 Å². The van der Waals surface area contributed by atoms with Crippen LogP contribution >= 0.6 is 0 Å². The van der Waals surface area contributed by atoms with Gasteiger partial charge in [0.2, 0.25) is 5.91 Å². The summed E-state index contributed by atoms with van der Waals surface area (Å²) in [6.45, 7) is 2.94. The molecular formula is C14H19FN2O2. The van der Waals surface area contributed by atoms with Gasteiger partial charge in [-0.25, -0.2) is 4.39 Å². The summed E-state index contributed by atoms with van der Waals surface area (Å²) >= 11 is 0. The van der Waals surface area contributed by atoms with Gasteiger partial charge in [0.15, 0.2) is 0 Å². The molecule has 4 nitrogen and oxygen atoms in total. The van der Waals surface area contributed by atoms with Crippen molar-refractivity contribution in [2.45, 2.75) is 31.4 Å². The summed E-state index contributed by atoms with van der Waals surface area (Å²) in [5.74, 6) is -0.917. The number of primary amides is 1. The van der Waals surface area contributed by atoms with Crippen LogP contribution in [0.3, 0.4) is 0 Å². The summed E-state index contributed by atoms with van der Waals surface area (Å²) in [5.41, 5.74) is 4.91. The van der Waals surface area contributed by atoms with Gasteiger partial charge in [-0.15, -0.1) is 0 Å². The summed E-state index contributed by atoms with van der Waals surface area (Å²) < 4.78 is 18.8. The molecule has 1 amide bonds. The van der Waals surface area contributed by atoms with Crippen LogP contribution in [0.5, 0.6) is 0 Å². The molecule has 0 bridgehead atoms. The minimum Gasteiger partial charge on any atom is -0.377 e. The fraction of sp³-hybridized carbons (Fsp3) is 0.500. The molecular weight excluding hydrogens is 247 g/mol. The molecule has 1 heterocycles. The number of amides is 1. The van der Waals surface area contributed by atoms with Gasteiger partial charge in [-0.1, -0.05) is 12.1 Å². The van der Waals surface area contributed by atoms with Crippen molar-refractivity contribution in [3.8, 4) is 0 Å². The van der Waals surface area contributed by atoms with Gasteiger partial charge >= 0.3 is 0 Å².